The lowest BCUT2D eigenvalue weighted by Gasteiger charge is -2.25. The molecular weight excluding hydrogens is 194 g/mol. The predicted molar refractivity (Wildman–Crippen MR) is 59.3 cm³/mol. The largest absolute Gasteiger partial charge is 0.263 e. The van der Waals surface area contributed by atoms with Gasteiger partial charge in [-0.25, -0.2) is 8.78 Å². The maximum absolute atomic E-state index is 12.5. The average Bonchev–Trinajstić information content (AvgIpc) is 2.18. The first-order valence-corrected chi connectivity index (χ1v) is 5.36. The third-order valence-corrected chi connectivity index (χ3v) is 2.80. The number of rotatable bonds is 4. The molecule has 15 heavy (non-hydrogen) atoms. The van der Waals surface area contributed by atoms with Crippen LogP contribution >= 0.6 is 0 Å². The van der Waals surface area contributed by atoms with Crippen LogP contribution in [0.5, 0.6) is 0 Å². The number of hydrogen-bond donors (Lipinski definition) is 0. The third kappa shape index (κ3) is 3.01. The van der Waals surface area contributed by atoms with Crippen LogP contribution in [0.4, 0.5) is 8.78 Å². The SMILES string of the molecule is CCCC(C)(C)c1cccc(C(F)F)c1. The highest BCUT2D eigenvalue weighted by Gasteiger charge is 2.20. The minimum Gasteiger partial charge on any atom is -0.205 e. The van der Waals surface area contributed by atoms with E-state index in [0.29, 0.717) is 0 Å². The van der Waals surface area contributed by atoms with Crippen LogP contribution in [0.2, 0.25) is 0 Å². The Morgan fingerprint density at radius 3 is 2.47 bits per heavy atom. The van der Waals surface area contributed by atoms with Gasteiger partial charge in [-0.1, -0.05) is 45.4 Å². The molecule has 0 saturated carbocycles. The van der Waals surface area contributed by atoms with Crippen molar-refractivity contribution >= 4 is 0 Å². The summed E-state index contributed by atoms with van der Waals surface area (Å²) >= 11 is 0. The van der Waals surface area contributed by atoms with E-state index in [1.54, 1.807) is 12.1 Å². The van der Waals surface area contributed by atoms with E-state index in [-0.39, 0.29) is 11.0 Å². The summed E-state index contributed by atoms with van der Waals surface area (Å²) in [6, 6.07) is 6.76. The minimum absolute atomic E-state index is 0.0142. The molecule has 0 spiro atoms. The summed E-state index contributed by atoms with van der Waals surface area (Å²) in [5, 5.41) is 0. The first-order valence-electron chi connectivity index (χ1n) is 5.36. The second kappa shape index (κ2) is 4.73. The summed E-state index contributed by atoms with van der Waals surface area (Å²) in [5.74, 6) is 0. The van der Waals surface area contributed by atoms with E-state index in [2.05, 4.69) is 20.8 Å². The summed E-state index contributed by atoms with van der Waals surface area (Å²) in [6.07, 6.45) is -0.298. The van der Waals surface area contributed by atoms with Crippen LogP contribution in [0.1, 0.15) is 51.2 Å². The molecular formula is C13H18F2. The molecule has 0 atom stereocenters. The van der Waals surface area contributed by atoms with Crippen molar-refractivity contribution in [1.82, 2.24) is 0 Å². The standard InChI is InChI=1S/C13H18F2/c1-4-8-13(2,3)11-7-5-6-10(9-11)12(14)15/h5-7,9,12H,4,8H2,1-3H3. The highest BCUT2D eigenvalue weighted by molar-refractivity contribution is 5.29. The van der Waals surface area contributed by atoms with Gasteiger partial charge in [0.1, 0.15) is 0 Å². The van der Waals surface area contributed by atoms with Gasteiger partial charge in [0.2, 0.25) is 0 Å². The summed E-state index contributed by atoms with van der Waals surface area (Å²) in [4.78, 5) is 0. The maximum atomic E-state index is 12.5. The summed E-state index contributed by atoms with van der Waals surface area (Å²) < 4.78 is 25.0. The number of hydrogen-bond acceptors (Lipinski definition) is 0. The van der Waals surface area contributed by atoms with Crippen molar-refractivity contribution in [2.75, 3.05) is 0 Å². The quantitative estimate of drug-likeness (QED) is 0.678. The van der Waals surface area contributed by atoms with Gasteiger partial charge in [-0.3, -0.25) is 0 Å². The smallest absolute Gasteiger partial charge is 0.205 e. The molecule has 1 aromatic carbocycles. The van der Waals surface area contributed by atoms with Crippen LogP contribution in [-0.2, 0) is 5.41 Å². The molecule has 0 aliphatic carbocycles. The van der Waals surface area contributed by atoms with Crippen molar-refractivity contribution in [1.29, 1.82) is 0 Å². The Morgan fingerprint density at radius 2 is 1.93 bits per heavy atom. The molecule has 2 heteroatoms. The molecule has 0 aromatic heterocycles. The van der Waals surface area contributed by atoms with Gasteiger partial charge in [-0.05, 0) is 23.5 Å². The van der Waals surface area contributed by atoms with Crippen LogP contribution in [-0.4, -0.2) is 0 Å². The first kappa shape index (κ1) is 12.2. The van der Waals surface area contributed by atoms with Crippen LogP contribution < -0.4 is 0 Å². The van der Waals surface area contributed by atoms with E-state index in [4.69, 9.17) is 0 Å². The van der Waals surface area contributed by atoms with Crippen molar-refractivity contribution in [3.05, 3.63) is 35.4 Å². The second-order valence-electron chi connectivity index (χ2n) is 4.56. The highest BCUT2D eigenvalue weighted by atomic mass is 19.3. The number of halogens is 2. The van der Waals surface area contributed by atoms with E-state index in [9.17, 15) is 8.78 Å². The summed E-state index contributed by atoms with van der Waals surface area (Å²) in [6.45, 7) is 6.31. The fourth-order valence-electron chi connectivity index (χ4n) is 1.86. The Kier molecular flexibility index (Phi) is 3.83. The topological polar surface area (TPSA) is 0 Å². The van der Waals surface area contributed by atoms with E-state index in [1.807, 2.05) is 6.07 Å². The van der Waals surface area contributed by atoms with Crippen LogP contribution in [0.15, 0.2) is 24.3 Å². The summed E-state index contributed by atoms with van der Waals surface area (Å²) in [7, 11) is 0. The molecule has 0 radical (unpaired) electrons. The Balaban J connectivity index is 2.99. The van der Waals surface area contributed by atoms with Crippen molar-refractivity contribution in [3.8, 4) is 0 Å². The van der Waals surface area contributed by atoms with Crippen molar-refractivity contribution < 1.29 is 8.78 Å². The predicted octanol–water partition coefficient (Wildman–Crippen LogP) is 4.70. The van der Waals surface area contributed by atoms with Gasteiger partial charge in [0.25, 0.3) is 6.43 Å². The number of alkyl halides is 2. The van der Waals surface area contributed by atoms with Gasteiger partial charge in [-0.2, -0.15) is 0 Å². The molecule has 84 valence electrons. The molecule has 0 saturated heterocycles. The molecule has 0 nitrogen and oxygen atoms in total. The van der Waals surface area contributed by atoms with Gasteiger partial charge < -0.3 is 0 Å². The maximum Gasteiger partial charge on any atom is 0.263 e. The van der Waals surface area contributed by atoms with Gasteiger partial charge >= 0.3 is 0 Å². The third-order valence-electron chi connectivity index (χ3n) is 2.80. The lowest BCUT2D eigenvalue weighted by molar-refractivity contribution is 0.151. The highest BCUT2D eigenvalue weighted by Crippen LogP contribution is 2.30. The molecule has 0 bridgehead atoms. The second-order valence-corrected chi connectivity index (χ2v) is 4.56. The molecule has 1 rings (SSSR count). The average molecular weight is 212 g/mol. The summed E-state index contributed by atoms with van der Waals surface area (Å²) in [5.41, 5.74) is 1.11. The van der Waals surface area contributed by atoms with Crippen LogP contribution in [0.3, 0.4) is 0 Å². The molecule has 0 fully saturated rings. The number of benzene rings is 1. The monoisotopic (exact) mass is 212 g/mol. The van der Waals surface area contributed by atoms with E-state index < -0.39 is 6.43 Å². The fraction of sp³-hybridized carbons (Fsp3) is 0.538. The zero-order valence-electron chi connectivity index (χ0n) is 9.56. The molecule has 0 unspecified atom stereocenters. The lowest BCUT2D eigenvalue weighted by atomic mass is 9.80. The lowest BCUT2D eigenvalue weighted by Crippen LogP contribution is -2.16. The Labute approximate surface area is 90.3 Å². The van der Waals surface area contributed by atoms with Crippen LogP contribution in [0, 0.1) is 0 Å². The van der Waals surface area contributed by atoms with E-state index in [0.717, 1.165) is 18.4 Å². The molecule has 1 aromatic rings. The Bertz CT molecular complexity index is 316. The Hall–Kier alpha value is -0.920. The van der Waals surface area contributed by atoms with E-state index >= 15 is 0 Å². The zero-order chi connectivity index (χ0) is 11.5. The van der Waals surface area contributed by atoms with Gasteiger partial charge in [0.05, 0.1) is 0 Å². The fourth-order valence-corrected chi connectivity index (χ4v) is 1.86. The molecule has 0 aliphatic rings. The van der Waals surface area contributed by atoms with Crippen molar-refractivity contribution in [3.63, 3.8) is 0 Å². The van der Waals surface area contributed by atoms with Gasteiger partial charge in [0, 0.05) is 5.56 Å². The normalized spacial score (nSPS) is 12.1. The molecule has 0 aliphatic heterocycles. The molecule has 0 N–H and O–H groups in total. The van der Waals surface area contributed by atoms with E-state index in [1.165, 1.54) is 6.07 Å². The van der Waals surface area contributed by atoms with Crippen LogP contribution in [0.25, 0.3) is 0 Å². The van der Waals surface area contributed by atoms with Crippen molar-refractivity contribution in [2.45, 2.75) is 45.5 Å². The first-order chi connectivity index (χ1) is 6.97. The molecule has 0 heterocycles. The van der Waals surface area contributed by atoms with Crippen molar-refractivity contribution in [2.24, 2.45) is 0 Å². The Morgan fingerprint density at radius 1 is 1.27 bits per heavy atom. The minimum atomic E-state index is -2.37. The zero-order valence-corrected chi connectivity index (χ0v) is 9.56. The van der Waals surface area contributed by atoms with Gasteiger partial charge in [-0.15, -0.1) is 0 Å². The van der Waals surface area contributed by atoms with Gasteiger partial charge in [0.15, 0.2) is 0 Å². The molecule has 0 amide bonds.